The van der Waals surface area contributed by atoms with E-state index < -0.39 is 10.1 Å². The van der Waals surface area contributed by atoms with Crippen LogP contribution in [0.25, 0.3) is 21.8 Å². The Labute approximate surface area is 136 Å². The summed E-state index contributed by atoms with van der Waals surface area (Å²) in [6.07, 6.45) is 3.42. The predicted molar refractivity (Wildman–Crippen MR) is 89.0 cm³/mol. The largest absolute Gasteiger partial charge is 0.312 e. The second kappa shape index (κ2) is 6.37. The first kappa shape index (κ1) is 15.5. The molecule has 0 radical (unpaired) electrons. The van der Waals surface area contributed by atoms with Gasteiger partial charge in [0.2, 0.25) is 0 Å². The van der Waals surface area contributed by atoms with Crippen LogP contribution in [0.3, 0.4) is 0 Å². The minimum Gasteiger partial charge on any atom is -0.281 e. The Morgan fingerprint density at radius 3 is 2.52 bits per heavy atom. The first-order valence-electron chi connectivity index (χ1n) is 6.50. The summed E-state index contributed by atoms with van der Waals surface area (Å²) in [6, 6.07) is 10.1. The molecular formula is C15H11N3O3S2. The van der Waals surface area contributed by atoms with Crippen molar-refractivity contribution in [1.29, 1.82) is 0 Å². The Morgan fingerprint density at radius 1 is 1.04 bits per heavy atom. The second-order valence-electron chi connectivity index (χ2n) is 4.51. The van der Waals surface area contributed by atoms with Crippen LogP contribution in [0.1, 0.15) is 0 Å². The standard InChI is InChI=1S/C12H8N2O3S.C3H3NS/c15-18(16,17)11-6-4-8-3-5-10-9(12(8)14-11)2-1-7-13-10;1-2-5-3-4-1/h1-7H,(H,15,16,17);1-3H. The van der Waals surface area contributed by atoms with Crippen LogP contribution in [-0.4, -0.2) is 27.9 Å². The van der Waals surface area contributed by atoms with Gasteiger partial charge in [-0.2, -0.15) is 8.42 Å². The lowest BCUT2D eigenvalue weighted by Gasteiger charge is -2.03. The number of hydrogen-bond donors (Lipinski definition) is 1. The smallest absolute Gasteiger partial charge is 0.281 e. The van der Waals surface area contributed by atoms with Gasteiger partial charge in [-0.05, 0) is 30.3 Å². The summed E-state index contributed by atoms with van der Waals surface area (Å²) in [6.45, 7) is 0. The Balaban J connectivity index is 0.000000267. The molecule has 0 saturated carbocycles. The van der Waals surface area contributed by atoms with Crippen LogP contribution in [0, 0.1) is 0 Å². The molecule has 8 heteroatoms. The fraction of sp³-hybridized carbons (Fsp3) is 0. The van der Waals surface area contributed by atoms with Crippen molar-refractivity contribution in [3.05, 3.63) is 59.7 Å². The van der Waals surface area contributed by atoms with E-state index in [0.717, 1.165) is 16.3 Å². The quantitative estimate of drug-likeness (QED) is 0.421. The van der Waals surface area contributed by atoms with E-state index in [4.69, 9.17) is 4.55 Å². The minimum absolute atomic E-state index is 0.355. The SMILES string of the molecule is O=S(=O)(O)c1ccc2ccc3ncccc3c2n1.c1cscn1. The maximum atomic E-state index is 11.1. The van der Waals surface area contributed by atoms with E-state index in [0.29, 0.717) is 5.52 Å². The molecule has 23 heavy (non-hydrogen) atoms. The van der Waals surface area contributed by atoms with Crippen molar-refractivity contribution in [3.8, 4) is 0 Å². The Bertz CT molecular complexity index is 1030. The van der Waals surface area contributed by atoms with Crippen molar-refractivity contribution in [1.82, 2.24) is 15.0 Å². The van der Waals surface area contributed by atoms with Gasteiger partial charge in [0, 0.05) is 28.5 Å². The molecule has 0 spiro atoms. The van der Waals surface area contributed by atoms with Crippen molar-refractivity contribution in [2.24, 2.45) is 0 Å². The van der Waals surface area contributed by atoms with Gasteiger partial charge in [0.05, 0.1) is 16.5 Å². The van der Waals surface area contributed by atoms with E-state index in [1.165, 1.54) is 6.07 Å². The molecule has 1 N–H and O–H groups in total. The van der Waals surface area contributed by atoms with Crippen LogP contribution >= 0.6 is 11.3 Å². The van der Waals surface area contributed by atoms with Gasteiger partial charge in [0.25, 0.3) is 0 Å². The molecule has 0 saturated heterocycles. The summed E-state index contributed by atoms with van der Waals surface area (Å²) in [5, 5.41) is 3.12. The fourth-order valence-corrected chi connectivity index (χ4v) is 2.84. The summed E-state index contributed by atoms with van der Waals surface area (Å²) in [4.78, 5) is 11.9. The Morgan fingerprint density at radius 2 is 1.87 bits per heavy atom. The lowest BCUT2D eigenvalue weighted by Crippen LogP contribution is -2.01. The van der Waals surface area contributed by atoms with Crippen LogP contribution in [-0.2, 0) is 10.1 Å². The highest BCUT2D eigenvalue weighted by Gasteiger charge is 2.12. The normalized spacial score (nSPS) is 11.2. The second-order valence-corrected chi connectivity index (χ2v) is 6.63. The average molecular weight is 345 g/mol. The molecule has 0 aliphatic carbocycles. The number of nitrogens with zero attached hydrogens (tertiary/aromatic N) is 3. The van der Waals surface area contributed by atoms with Crippen molar-refractivity contribution < 1.29 is 13.0 Å². The maximum absolute atomic E-state index is 11.1. The molecule has 0 aliphatic rings. The first-order valence-corrected chi connectivity index (χ1v) is 8.88. The van der Waals surface area contributed by atoms with Crippen LogP contribution < -0.4 is 0 Å². The topological polar surface area (TPSA) is 93.0 Å². The van der Waals surface area contributed by atoms with E-state index in [9.17, 15) is 8.42 Å². The van der Waals surface area contributed by atoms with Gasteiger partial charge in [0.1, 0.15) is 0 Å². The molecule has 0 atom stereocenters. The first-order chi connectivity index (χ1) is 11.1. The molecule has 0 unspecified atom stereocenters. The lowest BCUT2D eigenvalue weighted by molar-refractivity contribution is 0.480. The molecule has 4 rings (SSSR count). The van der Waals surface area contributed by atoms with Crippen molar-refractivity contribution >= 4 is 43.3 Å². The van der Waals surface area contributed by atoms with Crippen LogP contribution in [0.2, 0.25) is 0 Å². The van der Waals surface area contributed by atoms with E-state index in [-0.39, 0.29) is 5.03 Å². The van der Waals surface area contributed by atoms with Crippen molar-refractivity contribution in [2.45, 2.75) is 5.03 Å². The molecule has 3 heterocycles. The molecule has 4 aromatic rings. The van der Waals surface area contributed by atoms with Crippen molar-refractivity contribution in [3.63, 3.8) is 0 Å². The third kappa shape index (κ3) is 3.50. The third-order valence-electron chi connectivity index (χ3n) is 3.03. The maximum Gasteiger partial charge on any atom is 0.312 e. The fourth-order valence-electron chi connectivity index (χ4n) is 2.04. The van der Waals surface area contributed by atoms with Gasteiger partial charge in [0.15, 0.2) is 5.03 Å². The van der Waals surface area contributed by atoms with Gasteiger partial charge < -0.3 is 0 Å². The van der Waals surface area contributed by atoms with Crippen LogP contribution in [0.4, 0.5) is 0 Å². The highest BCUT2D eigenvalue weighted by molar-refractivity contribution is 7.85. The van der Waals surface area contributed by atoms with E-state index in [1.807, 2.05) is 23.6 Å². The average Bonchev–Trinajstić information content (AvgIpc) is 3.13. The molecular weight excluding hydrogens is 334 g/mol. The number of fused-ring (bicyclic) bond motifs is 3. The van der Waals surface area contributed by atoms with Crippen molar-refractivity contribution in [2.75, 3.05) is 0 Å². The highest BCUT2D eigenvalue weighted by Crippen LogP contribution is 2.23. The van der Waals surface area contributed by atoms with Crippen LogP contribution in [0.15, 0.2) is 64.7 Å². The summed E-state index contributed by atoms with van der Waals surface area (Å²) in [5.41, 5.74) is 3.03. The number of thiazole rings is 1. The summed E-state index contributed by atoms with van der Waals surface area (Å²) in [5.74, 6) is 0. The zero-order valence-corrected chi connectivity index (χ0v) is 13.3. The van der Waals surface area contributed by atoms with Gasteiger partial charge in [-0.1, -0.05) is 6.07 Å². The number of benzene rings is 1. The number of rotatable bonds is 1. The zero-order valence-electron chi connectivity index (χ0n) is 11.7. The van der Waals surface area contributed by atoms with Gasteiger partial charge in [-0.3, -0.25) is 14.5 Å². The lowest BCUT2D eigenvalue weighted by atomic mass is 10.1. The molecule has 116 valence electrons. The van der Waals surface area contributed by atoms with Crippen LogP contribution in [0.5, 0.6) is 0 Å². The minimum atomic E-state index is -4.29. The summed E-state index contributed by atoms with van der Waals surface area (Å²) in [7, 11) is -4.29. The third-order valence-corrected chi connectivity index (χ3v) is 4.31. The molecule has 6 nitrogen and oxygen atoms in total. The van der Waals surface area contributed by atoms with Gasteiger partial charge >= 0.3 is 10.1 Å². The predicted octanol–water partition coefficient (Wildman–Crippen LogP) is 3.17. The molecule has 0 amide bonds. The summed E-state index contributed by atoms with van der Waals surface area (Å²) < 4.78 is 31.2. The molecule has 0 aliphatic heterocycles. The zero-order chi connectivity index (χ0) is 16.3. The monoisotopic (exact) mass is 345 g/mol. The molecule has 0 fully saturated rings. The van der Waals surface area contributed by atoms with E-state index >= 15 is 0 Å². The molecule has 3 aromatic heterocycles. The summed E-state index contributed by atoms with van der Waals surface area (Å²) >= 11 is 1.60. The number of pyridine rings is 2. The Kier molecular flexibility index (Phi) is 4.28. The molecule has 1 aromatic carbocycles. The Hall–Kier alpha value is -2.42. The number of aromatic nitrogens is 3. The van der Waals surface area contributed by atoms with E-state index in [1.54, 1.807) is 41.4 Å². The molecule has 0 bridgehead atoms. The number of hydrogen-bond acceptors (Lipinski definition) is 6. The van der Waals surface area contributed by atoms with E-state index in [2.05, 4.69) is 15.0 Å². The highest BCUT2D eigenvalue weighted by atomic mass is 32.2. The van der Waals surface area contributed by atoms with Gasteiger partial charge in [-0.25, -0.2) is 4.98 Å². The van der Waals surface area contributed by atoms with Gasteiger partial charge in [-0.15, -0.1) is 11.3 Å².